The lowest BCUT2D eigenvalue weighted by molar-refractivity contribution is -0.138. The van der Waals surface area contributed by atoms with Gasteiger partial charge in [-0.05, 0) is 19.3 Å². The standard InChI is InChI=1S/2C12H24O2.C4H8O2/c2*1-2-3-4-5-6-7-8-9-10-11-12(13)14;1-2-3-4(5)6/h2*2-11H2,1H3,(H,13,14);2-3H2,1H3,(H,5,6). The number of unbranched alkanes of at least 4 members (excludes halogenated alkanes) is 16. The summed E-state index contributed by atoms with van der Waals surface area (Å²) in [6, 6.07) is 0. The topological polar surface area (TPSA) is 112 Å². The van der Waals surface area contributed by atoms with Gasteiger partial charge in [0.25, 0.3) is 0 Å². The minimum atomic E-state index is -0.711. The summed E-state index contributed by atoms with van der Waals surface area (Å²) in [6.07, 6.45) is 24.0. The third-order valence-corrected chi connectivity index (χ3v) is 5.45. The van der Waals surface area contributed by atoms with Gasteiger partial charge in [0.05, 0.1) is 0 Å². The normalized spacial score (nSPS) is 9.97. The summed E-state index contributed by atoms with van der Waals surface area (Å²) in [5, 5.41) is 24.7. The first-order valence-corrected chi connectivity index (χ1v) is 14.0. The molecular formula is C28H56O6. The predicted molar refractivity (Wildman–Crippen MR) is 142 cm³/mol. The SMILES string of the molecule is CCCC(=O)O.CCCCCCCCCCCC(=O)O.CCCCCCCCCCCC(=O)O. The van der Waals surface area contributed by atoms with Gasteiger partial charge in [0.2, 0.25) is 0 Å². The molecule has 6 heteroatoms. The molecular weight excluding hydrogens is 432 g/mol. The summed E-state index contributed by atoms with van der Waals surface area (Å²) in [4.78, 5) is 30.0. The van der Waals surface area contributed by atoms with Crippen molar-refractivity contribution in [3.05, 3.63) is 0 Å². The highest BCUT2D eigenvalue weighted by molar-refractivity contribution is 5.67. The minimum Gasteiger partial charge on any atom is -0.481 e. The van der Waals surface area contributed by atoms with Gasteiger partial charge in [-0.3, -0.25) is 14.4 Å². The van der Waals surface area contributed by atoms with Crippen molar-refractivity contribution in [2.24, 2.45) is 0 Å². The Morgan fingerprint density at radius 2 is 0.588 bits per heavy atom. The molecule has 0 bridgehead atoms. The van der Waals surface area contributed by atoms with Crippen LogP contribution in [-0.4, -0.2) is 33.2 Å². The Morgan fingerprint density at radius 3 is 0.765 bits per heavy atom. The second-order valence-electron chi connectivity index (χ2n) is 9.09. The monoisotopic (exact) mass is 488 g/mol. The molecule has 0 aliphatic heterocycles. The average Bonchev–Trinajstić information content (AvgIpc) is 2.77. The molecule has 0 rings (SSSR count). The van der Waals surface area contributed by atoms with Crippen LogP contribution < -0.4 is 0 Å². The van der Waals surface area contributed by atoms with E-state index < -0.39 is 17.9 Å². The molecule has 0 aromatic rings. The molecule has 0 aromatic heterocycles. The number of carbonyl (C=O) groups is 3. The molecule has 0 radical (unpaired) electrons. The Morgan fingerprint density at radius 1 is 0.353 bits per heavy atom. The first-order valence-electron chi connectivity index (χ1n) is 14.0. The maximum atomic E-state index is 10.2. The first-order chi connectivity index (χ1) is 16.3. The van der Waals surface area contributed by atoms with Gasteiger partial charge in [0, 0.05) is 19.3 Å². The number of carboxylic acids is 3. The summed E-state index contributed by atoms with van der Waals surface area (Å²) < 4.78 is 0. The van der Waals surface area contributed by atoms with Gasteiger partial charge < -0.3 is 15.3 Å². The molecule has 204 valence electrons. The first kappa shape index (κ1) is 37.0. The molecule has 34 heavy (non-hydrogen) atoms. The number of hydrogen-bond acceptors (Lipinski definition) is 3. The second kappa shape index (κ2) is 33.6. The molecule has 0 unspecified atom stereocenters. The lowest BCUT2D eigenvalue weighted by Crippen LogP contribution is -1.93. The van der Waals surface area contributed by atoms with Crippen LogP contribution in [0.4, 0.5) is 0 Å². The zero-order valence-corrected chi connectivity index (χ0v) is 22.6. The van der Waals surface area contributed by atoms with Crippen molar-refractivity contribution in [3.8, 4) is 0 Å². The van der Waals surface area contributed by atoms with E-state index in [1.165, 1.54) is 89.9 Å². The Balaban J connectivity index is -0.000000458. The fraction of sp³-hybridized carbons (Fsp3) is 0.893. The van der Waals surface area contributed by atoms with Crippen LogP contribution in [0.1, 0.15) is 162 Å². The van der Waals surface area contributed by atoms with E-state index in [-0.39, 0.29) is 0 Å². The van der Waals surface area contributed by atoms with Gasteiger partial charge in [-0.2, -0.15) is 0 Å². The van der Waals surface area contributed by atoms with Crippen molar-refractivity contribution < 1.29 is 29.7 Å². The quantitative estimate of drug-likeness (QED) is 0.131. The Kier molecular flexibility index (Phi) is 36.5. The molecule has 0 fully saturated rings. The van der Waals surface area contributed by atoms with Crippen molar-refractivity contribution in [1.29, 1.82) is 0 Å². The maximum Gasteiger partial charge on any atom is 0.303 e. The fourth-order valence-electron chi connectivity index (χ4n) is 3.39. The second-order valence-corrected chi connectivity index (χ2v) is 9.09. The average molecular weight is 489 g/mol. The van der Waals surface area contributed by atoms with E-state index in [1.54, 1.807) is 0 Å². The van der Waals surface area contributed by atoms with Gasteiger partial charge >= 0.3 is 17.9 Å². The summed E-state index contributed by atoms with van der Waals surface area (Å²) in [6.45, 7) is 6.30. The third-order valence-electron chi connectivity index (χ3n) is 5.45. The van der Waals surface area contributed by atoms with Crippen LogP contribution in [0, 0.1) is 0 Å². The fourth-order valence-corrected chi connectivity index (χ4v) is 3.39. The lowest BCUT2D eigenvalue weighted by Gasteiger charge is -2.00. The van der Waals surface area contributed by atoms with Gasteiger partial charge in [0.15, 0.2) is 0 Å². The molecule has 0 atom stereocenters. The van der Waals surface area contributed by atoms with Crippen molar-refractivity contribution in [1.82, 2.24) is 0 Å². The van der Waals surface area contributed by atoms with Crippen molar-refractivity contribution in [3.63, 3.8) is 0 Å². The highest BCUT2D eigenvalue weighted by Gasteiger charge is 1.97. The van der Waals surface area contributed by atoms with Gasteiger partial charge in [0.1, 0.15) is 0 Å². The smallest absolute Gasteiger partial charge is 0.303 e. The summed E-state index contributed by atoms with van der Waals surface area (Å²) in [7, 11) is 0. The van der Waals surface area contributed by atoms with Crippen LogP contribution in [0.3, 0.4) is 0 Å². The van der Waals surface area contributed by atoms with E-state index in [4.69, 9.17) is 15.3 Å². The summed E-state index contributed by atoms with van der Waals surface area (Å²) >= 11 is 0. The highest BCUT2D eigenvalue weighted by Crippen LogP contribution is 2.11. The molecule has 0 spiro atoms. The molecule has 0 saturated heterocycles. The van der Waals surface area contributed by atoms with E-state index in [2.05, 4.69) is 13.8 Å². The zero-order chi connectivity index (χ0) is 26.3. The number of rotatable bonds is 22. The van der Waals surface area contributed by atoms with Crippen LogP contribution in [-0.2, 0) is 14.4 Å². The van der Waals surface area contributed by atoms with E-state index >= 15 is 0 Å². The van der Waals surface area contributed by atoms with Crippen molar-refractivity contribution in [2.75, 3.05) is 0 Å². The zero-order valence-electron chi connectivity index (χ0n) is 22.6. The Bertz CT molecular complexity index is 405. The van der Waals surface area contributed by atoms with Crippen LogP contribution in [0.2, 0.25) is 0 Å². The Labute approximate surface area is 209 Å². The number of aliphatic carboxylic acids is 3. The van der Waals surface area contributed by atoms with Crippen molar-refractivity contribution >= 4 is 17.9 Å². The van der Waals surface area contributed by atoms with E-state index in [0.29, 0.717) is 19.3 Å². The van der Waals surface area contributed by atoms with E-state index in [9.17, 15) is 14.4 Å². The molecule has 0 saturated carbocycles. The van der Waals surface area contributed by atoms with Gasteiger partial charge in [-0.1, -0.05) is 124 Å². The van der Waals surface area contributed by atoms with Crippen LogP contribution in [0.15, 0.2) is 0 Å². The highest BCUT2D eigenvalue weighted by atomic mass is 16.4. The molecule has 0 amide bonds. The van der Waals surface area contributed by atoms with Crippen molar-refractivity contribution in [2.45, 2.75) is 162 Å². The number of hydrogen-bond donors (Lipinski definition) is 3. The maximum absolute atomic E-state index is 10.2. The summed E-state index contributed by atoms with van der Waals surface area (Å²) in [5.41, 5.74) is 0. The number of carboxylic acid groups (broad SMARTS) is 3. The predicted octanol–water partition coefficient (Wildman–Crippen LogP) is 8.85. The van der Waals surface area contributed by atoms with E-state index in [0.717, 1.165) is 32.1 Å². The molecule has 0 heterocycles. The molecule has 0 aliphatic carbocycles. The summed E-state index contributed by atoms with van der Waals surface area (Å²) in [5.74, 6) is -2.03. The largest absolute Gasteiger partial charge is 0.481 e. The molecule has 3 N–H and O–H groups in total. The molecule has 0 aromatic carbocycles. The van der Waals surface area contributed by atoms with E-state index in [1.807, 2.05) is 6.92 Å². The van der Waals surface area contributed by atoms with Crippen LogP contribution in [0.5, 0.6) is 0 Å². The van der Waals surface area contributed by atoms with Crippen LogP contribution >= 0.6 is 0 Å². The molecule has 0 aliphatic rings. The minimum absolute atomic E-state index is 0.292. The van der Waals surface area contributed by atoms with Crippen LogP contribution in [0.25, 0.3) is 0 Å². The lowest BCUT2D eigenvalue weighted by atomic mass is 10.1. The Hall–Kier alpha value is -1.59. The third kappa shape index (κ3) is 48.0. The van der Waals surface area contributed by atoms with Gasteiger partial charge in [-0.25, -0.2) is 0 Å². The molecule has 6 nitrogen and oxygen atoms in total. The van der Waals surface area contributed by atoms with Gasteiger partial charge in [-0.15, -0.1) is 0 Å².